The quantitative estimate of drug-likeness (QED) is 0.0773. The van der Waals surface area contributed by atoms with Crippen LogP contribution >= 0.6 is 0 Å². The molecule has 0 unspecified atom stereocenters. The summed E-state index contributed by atoms with van der Waals surface area (Å²) in [6, 6.07) is 21.3. The number of methoxy groups -OCH3 is 1. The van der Waals surface area contributed by atoms with Gasteiger partial charge >= 0.3 is 0 Å². The number of aryl methyl sites for hydroxylation is 2. The standard InChI is InChI=1S/C40H58O3/c1-4-6-8-10-11-12-13-14-15-16-18-30-43-38-29-28-36-31-34(24-27-37(36)32-38)21-20-33-22-25-35(26-23-33)40(41)39(42-3)19-17-9-7-5-2/h22-29,31-32,39H,4-21,30H2,1-3H3/t39-/m1/s1. The van der Waals surface area contributed by atoms with E-state index in [1.807, 2.05) is 12.1 Å². The second-order valence-corrected chi connectivity index (χ2v) is 12.4. The number of ketones is 1. The lowest BCUT2D eigenvalue weighted by Crippen LogP contribution is -2.23. The van der Waals surface area contributed by atoms with Crippen LogP contribution in [0.1, 0.15) is 138 Å². The summed E-state index contributed by atoms with van der Waals surface area (Å²) in [7, 11) is 1.65. The zero-order valence-corrected chi connectivity index (χ0v) is 27.5. The van der Waals surface area contributed by atoms with Crippen LogP contribution in [0.25, 0.3) is 10.8 Å². The Morgan fingerprint density at radius 1 is 0.605 bits per heavy atom. The summed E-state index contributed by atoms with van der Waals surface area (Å²) in [5, 5.41) is 2.48. The number of hydrogen-bond donors (Lipinski definition) is 0. The lowest BCUT2D eigenvalue weighted by molar-refractivity contribution is 0.0573. The van der Waals surface area contributed by atoms with Crippen LogP contribution in [0, 0.1) is 0 Å². The van der Waals surface area contributed by atoms with Crippen molar-refractivity contribution in [3.05, 3.63) is 77.4 Å². The predicted octanol–water partition coefficient (Wildman–Crippen LogP) is 11.5. The van der Waals surface area contributed by atoms with Gasteiger partial charge in [-0.1, -0.05) is 152 Å². The van der Waals surface area contributed by atoms with E-state index < -0.39 is 0 Å². The molecule has 0 N–H and O–H groups in total. The van der Waals surface area contributed by atoms with E-state index in [0.717, 1.165) is 56.4 Å². The Kier molecular flexibility index (Phi) is 17.1. The number of carbonyl (C=O) groups excluding carboxylic acids is 1. The first kappa shape index (κ1) is 34.8. The largest absolute Gasteiger partial charge is 0.494 e. The molecule has 0 aliphatic heterocycles. The monoisotopic (exact) mass is 586 g/mol. The molecule has 236 valence electrons. The minimum Gasteiger partial charge on any atom is -0.494 e. The molecular formula is C40H58O3. The Hall–Kier alpha value is -2.65. The maximum atomic E-state index is 12.9. The molecule has 3 aromatic carbocycles. The van der Waals surface area contributed by atoms with Gasteiger partial charge in [0.2, 0.25) is 0 Å². The van der Waals surface area contributed by atoms with E-state index in [9.17, 15) is 4.79 Å². The molecule has 0 spiro atoms. The van der Waals surface area contributed by atoms with Gasteiger partial charge in [-0.15, -0.1) is 0 Å². The van der Waals surface area contributed by atoms with E-state index in [0.29, 0.717) is 0 Å². The molecular weight excluding hydrogens is 528 g/mol. The maximum absolute atomic E-state index is 12.9. The summed E-state index contributed by atoms with van der Waals surface area (Å²) in [5.41, 5.74) is 3.33. The Labute approximate surface area is 262 Å². The van der Waals surface area contributed by atoms with Crippen molar-refractivity contribution in [3.8, 4) is 5.75 Å². The predicted molar refractivity (Wildman–Crippen MR) is 184 cm³/mol. The molecule has 0 fully saturated rings. The van der Waals surface area contributed by atoms with Crippen molar-refractivity contribution < 1.29 is 14.3 Å². The van der Waals surface area contributed by atoms with Crippen LogP contribution in [0.5, 0.6) is 5.75 Å². The van der Waals surface area contributed by atoms with Crippen molar-refractivity contribution >= 4 is 16.6 Å². The van der Waals surface area contributed by atoms with Crippen LogP contribution in [0.4, 0.5) is 0 Å². The molecule has 0 aliphatic rings. The van der Waals surface area contributed by atoms with E-state index in [4.69, 9.17) is 9.47 Å². The Morgan fingerprint density at radius 3 is 1.79 bits per heavy atom. The smallest absolute Gasteiger partial charge is 0.191 e. The zero-order chi connectivity index (χ0) is 30.5. The summed E-state index contributed by atoms with van der Waals surface area (Å²) < 4.78 is 11.6. The fourth-order valence-corrected chi connectivity index (χ4v) is 5.90. The molecule has 0 saturated carbocycles. The molecule has 3 nitrogen and oxygen atoms in total. The van der Waals surface area contributed by atoms with Crippen LogP contribution in [0.15, 0.2) is 60.7 Å². The highest BCUT2D eigenvalue weighted by atomic mass is 16.5. The SMILES string of the molecule is CCCCCCCCCCCCCOc1ccc2cc(CCc3ccc(C(=O)[C@@H](CCCCCC)OC)cc3)ccc2c1. The van der Waals surface area contributed by atoms with Crippen LogP contribution in [-0.2, 0) is 17.6 Å². The van der Waals surface area contributed by atoms with Gasteiger partial charge in [-0.2, -0.15) is 0 Å². The van der Waals surface area contributed by atoms with E-state index in [1.165, 1.54) is 98.9 Å². The Bertz CT molecular complexity index is 1170. The van der Waals surface area contributed by atoms with Crippen molar-refractivity contribution in [2.45, 2.75) is 136 Å². The third kappa shape index (κ3) is 13.3. The molecule has 0 saturated heterocycles. The van der Waals surface area contributed by atoms with Crippen molar-refractivity contribution in [3.63, 3.8) is 0 Å². The summed E-state index contributed by atoms with van der Waals surface area (Å²) in [4.78, 5) is 12.9. The molecule has 0 amide bonds. The van der Waals surface area contributed by atoms with Gasteiger partial charge < -0.3 is 9.47 Å². The van der Waals surface area contributed by atoms with Gasteiger partial charge in [0, 0.05) is 12.7 Å². The van der Waals surface area contributed by atoms with Gasteiger partial charge in [0.25, 0.3) is 0 Å². The normalized spacial score (nSPS) is 12.1. The number of unbranched alkanes of at least 4 members (excludes halogenated alkanes) is 13. The first-order chi connectivity index (χ1) is 21.1. The molecule has 0 radical (unpaired) electrons. The molecule has 3 aromatic rings. The average Bonchev–Trinajstić information content (AvgIpc) is 3.04. The number of ether oxygens (including phenoxy) is 2. The van der Waals surface area contributed by atoms with Crippen molar-refractivity contribution in [2.24, 2.45) is 0 Å². The molecule has 0 aromatic heterocycles. The molecule has 1 atom stereocenters. The molecule has 3 heteroatoms. The van der Waals surface area contributed by atoms with Gasteiger partial charge in [-0.05, 0) is 59.7 Å². The van der Waals surface area contributed by atoms with Crippen LogP contribution in [0.3, 0.4) is 0 Å². The van der Waals surface area contributed by atoms with Crippen LogP contribution in [-0.4, -0.2) is 25.6 Å². The topological polar surface area (TPSA) is 35.5 Å². The van der Waals surface area contributed by atoms with Gasteiger partial charge in [-0.3, -0.25) is 4.79 Å². The van der Waals surface area contributed by atoms with Crippen molar-refractivity contribution in [2.75, 3.05) is 13.7 Å². The fraction of sp³-hybridized carbons (Fsp3) is 0.575. The number of rotatable bonds is 24. The number of carbonyl (C=O) groups is 1. The lowest BCUT2D eigenvalue weighted by Gasteiger charge is -2.14. The van der Waals surface area contributed by atoms with Gasteiger partial charge in [-0.25, -0.2) is 0 Å². The van der Waals surface area contributed by atoms with Gasteiger partial charge in [0.1, 0.15) is 11.9 Å². The van der Waals surface area contributed by atoms with Crippen LogP contribution in [0.2, 0.25) is 0 Å². The van der Waals surface area contributed by atoms with Gasteiger partial charge in [0.15, 0.2) is 5.78 Å². The number of hydrogen-bond acceptors (Lipinski definition) is 3. The average molecular weight is 587 g/mol. The van der Waals surface area contributed by atoms with E-state index >= 15 is 0 Å². The van der Waals surface area contributed by atoms with Gasteiger partial charge in [0.05, 0.1) is 6.61 Å². The van der Waals surface area contributed by atoms with E-state index in [1.54, 1.807) is 7.11 Å². The molecule has 0 aliphatic carbocycles. The summed E-state index contributed by atoms with van der Waals surface area (Å²) in [6.07, 6.45) is 21.9. The molecule has 3 rings (SSSR count). The Balaban J connectivity index is 1.36. The number of Topliss-reactive ketones (excluding diaryl/α,β-unsaturated/α-hetero) is 1. The van der Waals surface area contributed by atoms with E-state index in [2.05, 4.69) is 62.4 Å². The molecule has 0 bridgehead atoms. The minimum absolute atomic E-state index is 0.0993. The summed E-state index contributed by atoms with van der Waals surface area (Å²) >= 11 is 0. The van der Waals surface area contributed by atoms with Crippen LogP contribution < -0.4 is 4.74 Å². The summed E-state index contributed by atoms with van der Waals surface area (Å²) in [5.74, 6) is 1.07. The second kappa shape index (κ2) is 21.1. The highest BCUT2D eigenvalue weighted by Gasteiger charge is 2.19. The van der Waals surface area contributed by atoms with Crippen molar-refractivity contribution in [1.29, 1.82) is 0 Å². The second-order valence-electron chi connectivity index (χ2n) is 12.4. The zero-order valence-electron chi connectivity index (χ0n) is 27.5. The van der Waals surface area contributed by atoms with Crippen molar-refractivity contribution in [1.82, 2.24) is 0 Å². The highest BCUT2D eigenvalue weighted by molar-refractivity contribution is 5.99. The third-order valence-electron chi connectivity index (χ3n) is 8.73. The summed E-state index contributed by atoms with van der Waals surface area (Å²) in [6.45, 7) is 5.28. The molecule has 0 heterocycles. The maximum Gasteiger partial charge on any atom is 0.191 e. The molecule has 43 heavy (non-hydrogen) atoms. The minimum atomic E-state index is -0.337. The Morgan fingerprint density at radius 2 is 1.14 bits per heavy atom. The highest BCUT2D eigenvalue weighted by Crippen LogP contribution is 2.24. The number of fused-ring (bicyclic) bond motifs is 1. The first-order valence-corrected chi connectivity index (χ1v) is 17.5. The fourth-order valence-electron chi connectivity index (χ4n) is 5.90. The first-order valence-electron chi connectivity index (χ1n) is 17.5. The van der Waals surface area contributed by atoms with E-state index in [-0.39, 0.29) is 11.9 Å². The number of benzene rings is 3. The third-order valence-corrected chi connectivity index (χ3v) is 8.73. The lowest BCUT2D eigenvalue weighted by atomic mass is 9.97.